The fraction of sp³-hybridized carbons (Fsp3) is 0.0455. The molecule has 0 radical (unpaired) electrons. The summed E-state index contributed by atoms with van der Waals surface area (Å²) in [5, 5.41) is 2.93. The molecule has 152 valence electrons. The number of furan rings is 1. The van der Waals surface area contributed by atoms with Crippen molar-refractivity contribution in [2.45, 2.75) is 0 Å². The van der Waals surface area contributed by atoms with E-state index in [0.29, 0.717) is 21.0 Å². The summed E-state index contributed by atoms with van der Waals surface area (Å²) >= 11 is 9.18. The Bertz CT molecular complexity index is 1110. The van der Waals surface area contributed by atoms with E-state index in [9.17, 15) is 14.4 Å². The van der Waals surface area contributed by atoms with Crippen LogP contribution in [0.2, 0.25) is 5.02 Å². The van der Waals surface area contributed by atoms with Crippen LogP contribution in [0.3, 0.4) is 0 Å². The highest BCUT2D eigenvalue weighted by Crippen LogP contribution is 2.24. The van der Waals surface area contributed by atoms with Crippen molar-refractivity contribution >= 4 is 57.0 Å². The van der Waals surface area contributed by atoms with Gasteiger partial charge in [0.2, 0.25) is 0 Å². The number of ketones is 1. The molecule has 1 N–H and O–H groups in total. The number of hydrogen-bond donors (Lipinski definition) is 1. The van der Waals surface area contributed by atoms with Crippen LogP contribution in [0.4, 0.5) is 5.69 Å². The molecule has 1 amide bonds. The van der Waals surface area contributed by atoms with Gasteiger partial charge in [0.25, 0.3) is 5.91 Å². The number of carbonyl (C=O) groups is 3. The lowest BCUT2D eigenvalue weighted by molar-refractivity contribution is -0.142. The molecule has 2 aromatic carbocycles. The monoisotopic (exact) mass is 487 g/mol. The molecule has 30 heavy (non-hydrogen) atoms. The van der Waals surface area contributed by atoms with Gasteiger partial charge in [0, 0.05) is 22.2 Å². The second-order valence-electron chi connectivity index (χ2n) is 6.02. The number of amides is 1. The number of esters is 1. The van der Waals surface area contributed by atoms with Gasteiger partial charge < -0.3 is 14.5 Å². The summed E-state index contributed by atoms with van der Waals surface area (Å²) in [6.45, 7) is -0.521. The quantitative estimate of drug-likeness (QED) is 0.283. The van der Waals surface area contributed by atoms with Gasteiger partial charge in [-0.15, -0.1) is 0 Å². The van der Waals surface area contributed by atoms with Crippen LogP contribution in [-0.2, 0) is 14.3 Å². The first-order chi connectivity index (χ1) is 14.4. The number of anilines is 1. The van der Waals surface area contributed by atoms with E-state index in [2.05, 4.69) is 21.2 Å². The third kappa shape index (κ3) is 5.92. The topological polar surface area (TPSA) is 85.6 Å². The molecule has 6 nitrogen and oxygen atoms in total. The van der Waals surface area contributed by atoms with Gasteiger partial charge >= 0.3 is 5.97 Å². The molecule has 3 aromatic rings. The lowest BCUT2D eigenvalue weighted by Gasteiger charge is -2.11. The number of nitrogens with one attached hydrogen (secondary N) is 1. The number of rotatable bonds is 7. The molecule has 1 heterocycles. The standard InChI is InChI=1S/C22H15BrClNO5/c23-19-10-7-16(30-19)8-11-21(27)29-13-20(26)25-18-9-6-15(24)12-17(18)22(28)14-4-2-1-3-5-14/h1-12H,13H2,(H,25,26)/b11-8+. The molecule has 0 aliphatic carbocycles. The van der Waals surface area contributed by atoms with E-state index in [1.165, 1.54) is 18.2 Å². The highest BCUT2D eigenvalue weighted by atomic mass is 79.9. The third-order valence-corrected chi connectivity index (χ3v) is 4.52. The molecule has 0 fully saturated rings. The van der Waals surface area contributed by atoms with Gasteiger partial charge in [-0.1, -0.05) is 41.9 Å². The van der Waals surface area contributed by atoms with Crippen molar-refractivity contribution in [1.29, 1.82) is 0 Å². The fourth-order valence-electron chi connectivity index (χ4n) is 2.50. The van der Waals surface area contributed by atoms with Crippen LogP contribution in [0, 0.1) is 0 Å². The van der Waals surface area contributed by atoms with Crippen molar-refractivity contribution in [3.63, 3.8) is 0 Å². The van der Waals surface area contributed by atoms with Gasteiger partial charge in [-0.05, 0) is 52.3 Å². The van der Waals surface area contributed by atoms with Gasteiger partial charge in [-0.3, -0.25) is 9.59 Å². The minimum Gasteiger partial charge on any atom is -0.452 e. The lowest BCUT2D eigenvalue weighted by Crippen LogP contribution is -2.21. The van der Waals surface area contributed by atoms with Crippen molar-refractivity contribution in [2.24, 2.45) is 0 Å². The van der Waals surface area contributed by atoms with Crippen molar-refractivity contribution < 1.29 is 23.5 Å². The molecule has 0 bridgehead atoms. The SMILES string of the molecule is O=C(COC(=O)/C=C/c1ccc(Br)o1)Nc1ccc(Cl)cc1C(=O)c1ccccc1. The Morgan fingerprint density at radius 3 is 2.53 bits per heavy atom. The molecule has 0 aliphatic rings. The minimum atomic E-state index is -0.714. The van der Waals surface area contributed by atoms with Gasteiger partial charge in [-0.2, -0.15) is 0 Å². The van der Waals surface area contributed by atoms with Crippen LogP contribution < -0.4 is 5.32 Å². The number of ether oxygens (including phenoxy) is 1. The average molecular weight is 489 g/mol. The Morgan fingerprint density at radius 1 is 1.07 bits per heavy atom. The zero-order chi connectivity index (χ0) is 21.5. The van der Waals surface area contributed by atoms with E-state index < -0.39 is 18.5 Å². The molecule has 0 saturated carbocycles. The summed E-state index contributed by atoms with van der Waals surface area (Å²) in [7, 11) is 0. The highest BCUT2D eigenvalue weighted by Gasteiger charge is 2.16. The van der Waals surface area contributed by atoms with E-state index >= 15 is 0 Å². The maximum absolute atomic E-state index is 12.8. The predicted molar refractivity (Wildman–Crippen MR) is 116 cm³/mol. The first kappa shape index (κ1) is 21.5. The van der Waals surface area contributed by atoms with E-state index in [4.69, 9.17) is 20.8 Å². The van der Waals surface area contributed by atoms with Crippen molar-refractivity contribution in [3.8, 4) is 0 Å². The second-order valence-corrected chi connectivity index (χ2v) is 7.23. The average Bonchev–Trinajstić information content (AvgIpc) is 3.17. The summed E-state index contributed by atoms with van der Waals surface area (Å²) < 4.78 is 10.7. The summed E-state index contributed by atoms with van der Waals surface area (Å²) in [6.07, 6.45) is 2.56. The van der Waals surface area contributed by atoms with Crippen LogP contribution in [0.1, 0.15) is 21.7 Å². The molecule has 0 spiro atoms. The van der Waals surface area contributed by atoms with E-state index in [-0.39, 0.29) is 17.0 Å². The summed E-state index contributed by atoms with van der Waals surface area (Å²) in [4.78, 5) is 36.8. The Labute approximate surface area is 185 Å². The number of halogens is 2. The largest absolute Gasteiger partial charge is 0.452 e. The number of benzene rings is 2. The molecular weight excluding hydrogens is 474 g/mol. The molecule has 0 atom stereocenters. The highest BCUT2D eigenvalue weighted by molar-refractivity contribution is 9.10. The maximum Gasteiger partial charge on any atom is 0.331 e. The van der Waals surface area contributed by atoms with Crippen molar-refractivity contribution in [3.05, 3.63) is 93.3 Å². The maximum atomic E-state index is 12.8. The van der Waals surface area contributed by atoms with E-state index in [0.717, 1.165) is 6.08 Å². The van der Waals surface area contributed by atoms with Crippen LogP contribution >= 0.6 is 27.5 Å². The second kappa shape index (κ2) is 10.0. The number of carbonyl (C=O) groups excluding carboxylic acids is 3. The first-order valence-electron chi connectivity index (χ1n) is 8.72. The molecule has 0 unspecified atom stereocenters. The summed E-state index contributed by atoms with van der Waals surface area (Å²) in [6, 6.07) is 16.5. The van der Waals surface area contributed by atoms with Gasteiger partial charge in [0.1, 0.15) is 5.76 Å². The fourth-order valence-corrected chi connectivity index (χ4v) is 2.99. The number of hydrogen-bond acceptors (Lipinski definition) is 5. The summed E-state index contributed by atoms with van der Waals surface area (Å²) in [5.74, 6) is -1.15. The Morgan fingerprint density at radius 2 is 1.83 bits per heavy atom. The molecular formula is C22H15BrClNO5. The smallest absolute Gasteiger partial charge is 0.331 e. The molecule has 1 aromatic heterocycles. The van der Waals surface area contributed by atoms with Crippen LogP contribution in [-0.4, -0.2) is 24.3 Å². The Kier molecular flexibility index (Phi) is 7.21. The molecule has 3 rings (SSSR count). The van der Waals surface area contributed by atoms with Crippen molar-refractivity contribution in [2.75, 3.05) is 11.9 Å². The third-order valence-electron chi connectivity index (χ3n) is 3.86. The van der Waals surface area contributed by atoms with E-state index in [1.54, 1.807) is 48.5 Å². The minimum absolute atomic E-state index is 0.233. The molecule has 8 heteroatoms. The van der Waals surface area contributed by atoms with Crippen LogP contribution in [0.5, 0.6) is 0 Å². The zero-order valence-electron chi connectivity index (χ0n) is 15.4. The van der Waals surface area contributed by atoms with Crippen LogP contribution in [0.15, 0.2) is 75.8 Å². The first-order valence-corrected chi connectivity index (χ1v) is 9.89. The normalized spacial score (nSPS) is 10.7. The summed E-state index contributed by atoms with van der Waals surface area (Å²) in [5.41, 5.74) is 0.957. The van der Waals surface area contributed by atoms with Gasteiger partial charge in [0.05, 0.1) is 5.69 Å². The zero-order valence-corrected chi connectivity index (χ0v) is 17.8. The van der Waals surface area contributed by atoms with Crippen molar-refractivity contribution in [1.82, 2.24) is 0 Å². The molecule has 0 aliphatic heterocycles. The van der Waals surface area contributed by atoms with Gasteiger partial charge in [0.15, 0.2) is 17.1 Å². The van der Waals surface area contributed by atoms with Gasteiger partial charge in [-0.25, -0.2) is 4.79 Å². The Hall–Kier alpha value is -3.16. The molecule has 0 saturated heterocycles. The van der Waals surface area contributed by atoms with Crippen LogP contribution in [0.25, 0.3) is 6.08 Å². The Balaban J connectivity index is 1.63. The lowest BCUT2D eigenvalue weighted by atomic mass is 10.0. The predicted octanol–water partition coefficient (Wildman–Crippen LogP) is 5.12. The van der Waals surface area contributed by atoms with E-state index in [1.807, 2.05) is 0 Å².